The molecule has 2 aromatic rings. The fraction of sp³-hybridized carbons (Fsp3) is 0.235. The second kappa shape index (κ2) is 5.64. The lowest BCUT2D eigenvalue weighted by atomic mass is 9.87. The van der Waals surface area contributed by atoms with Crippen LogP contribution in [0.2, 0.25) is 0 Å². The van der Waals surface area contributed by atoms with Crippen molar-refractivity contribution in [2.45, 2.75) is 25.3 Å². The van der Waals surface area contributed by atoms with Crippen LogP contribution in [0.15, 0.2) is 42.5 Å². The van der Waals surface area contributed by atoms with Gasteiger partial charge >= 0.3 is 0 Å². The average molecular weight is 287 g/mol. The van der Waals surface area contributed by atoms with Gasteiger partial charge in [-0.15, -0.1) is 0 Å². The molecule has 1 unspecified atom stereocenters. The van der Waals surface area contributed by atoms with Crippen LogP contribution in [0.1, 0.15) is 40.4 Å². The number of hydrogen-bond donors (Lipinski definition) is 1. The summed E-state index contributed by atoms with van der Waals surface area (Å²) in [6.07, 6.45) is 2.69. The van der Waals surface area contributed by atoms with Crippen LogP contribution >= 0.6 is 0 Å². The van der Waals surface area contributed by atoms with Gasteiger partial charge in [0.05, 0.1) is 6.04 Å². The number of carbonyl (C=O) groups is 1. The smallest absolute Gasteiger partial charge is 0.257 e. The van der Waals surface area contributed by atoms with E-state index < -0.39 is 23.1 Å². The Morgan fingerprint density at radius 1 is 1.05 bits per heavy atom. The third kappa shape index (κ3) is 2.66. The zero-order chi connectivity index (χ0) is 14.8. The summed E-state index contributed by atoms with van der Waals surface area (Å²) < 4.78 is 27.3. The van der Waals surface area contributed by atoms with Gasteiger partial charge in [-0.2, -0.15) is 0 Å². The highest BCUT2D eigenvalue weighted by atomic mass is 19.1. The van der Waals surface area contributed by atoms with Crippen LogP contribution in [0.4, 0.5) is 8.78 Å². The van der Waals surface area contributed by atoms with E-state index in [4.69, 9.17) is 0 Å². The van der Waals surface area contributed by atoms with Gasteiger partial charge in [0.25, 0.3) is 5.91 Å². The van der Waals surface area contributed by atoms with Crippen LogP contribution in [-0.2, 0) is 6.42 Å². The summed E-state index contributed by atoms with van der Waals surface area (Å²) >= 11 is 0. The molecule has 1 N–H and O–H groups in total. The number of rotatable bonds is 2. The summed E-state index contributed by atoms with van der Waals surface area (Å²) in [5.41, 5.74) is 1.71. The molecule has 0 aliphatic heterocycles. The van der Waals surface area contributed by atoms with Gasteiger partial charge in [0.15, 0.2) is 0 Å². The van der Waals surface area contributed by atoms with Crippen LogP contribution < -0.4 is 5.32 Å². The molecular weight excluding hydrogens is 272 g/mol. The molecule has 0 radical (unpaired) electrons. The monoisotopic (exact) mass is 287 g/mol. The lowest BCUT2D eigenvalue weighted by Gasteiger charge is -2.26. The zero-order valence-electron chi connectivity index (χ0n) is 11.4. The fourth-order valence-corrected chi connectivity index (χ4v) is 2.85. The van der Waals surface area contributed by atoms with E-state index in [1.807, 2.05) is 24.3 Å². The first-order valence-electron chi connectivity index (χ1n) is 6.99. The summed E-state index contributed by atoms with van der Waals surface area (Å²) in [6, 6.07) is 11.1. The van der Waals surface area contributed by atoms with Gasteiger partial charge in [-0.1, -0.05) is 30.3 Å². The highest BCUT2D eigenvalue weighted by molar-refractivity contribution is 5.95. The Morgan fingerprint density at radius 3 is 2.52 bits per heavy atom. The van der Waals surface area contributed by atoms with E-state index in [2.05, 4.69) is 5.32 Å². The van der Waals surface area contributed by atoms with E-state index >= 15 is 0 Å². The highest BCUT2D eigenvalue weighted by Gasteiger charge is 2.24. The Kier molecular flexibility index (Phi) is 3.69. The van der Waals surface area contributed by atoms with Crippen molar-refractivity contribution in [3.05, 3.63) is 70.8 Å². The molecule has 0 bridgehead atoms. The lowest BCUT2D eigenvalue weighted by molar-refractivity contribution is 0.0924. The summed E-state index contributed by atoms with van der Waals surface area (Å²) in [5.74, 6) is -2.37. The minimum atomic E-state index is -0.836. The first-order chi connectivity index (χ1) is 10.2. The molecule has 2 nitrogen and oxygen atoms in total. The number of halogens is 2. The summed E-state index contributed by atoms with van der Waals surface area (Å²) in [4.78, 5) is 12.2. The van der Waals surface area contributed by atoms with Gasteiger partial charge in [-0.05, 0) is 42.5 Å². The van der Waals surface area contributed by atoms with Crippen LogP contribution in [0.3, 0.4) is 0 Å². The molecule has 1 aliphatic carbocycles. The van der Waals surface area contributed by atoms with Gasteiger partial charge < -0.3 is 5.32 Å². The second-order valence-electron chi connectivity index (χ2n) is 5.21. The summed E-state index contributed by atoms with van der Waals surface area (Å²) in [5, 5.41) is 2.75. The van der Waals surface area contributed by atoms with Crippen molar-refractivity contribution in [2.24, 2.45) is 0 Å². The van der Waals surface area contributed by atoms with Gasteiger partial charge in [-0.3, -0.25) is 4.79 Å². The molecule has 0 heterocycles. The Bertz CT molecular complexity index is 664. The molecule has 3 rings (SSSR count). The zero-order valence-corrected chi connectivity index (χ0v) is 11.4. The van der Waals surface area contributed by atoms with E-state index in [1.165, 1.54) is 11.6 Å². The number of amides is 1. The molecule has 0 saturated heterocycles. The Hall–Kier alpha value is -2.23. The SMILES string of the molecule is O=C(NC1CCCc2ccccc21)c1c(F)cccc1F. The molecule has 0 aromatic heterocycles. The standard InChI is InChI=1S/C17H15F2NO/c18-13-8-4-9-14(19)16(13)17(21)20-15-10-3-6-11-5-1-2-7-12(11)15/h1-2,4-5,7-9,15H,3,6,10H2,(H,20,21). The van der Waals surface area contributed by atoms with E-state index in [-0.39, 0.29) is 6.04 Å². The Labute approximate surface area is 121 Å². The largest absolute Gasteiger partial charge is 0.345 e. The minimum Gasteiger partial charge on any atom is -0.345 e. The molecule has 0 spiro atoms. The number of aryl methyl sites for hydroxylation is 1. The predicted octanol–water partition coefficient (Wildman–Crippen LogP) is 3.77. The molecule has 4 heteroatoms. The van der Waals surface area contributed by atoms with Crippen molar-refractivity contribution in [1.82, 2.24) is 5.32 Å². The number of carbonyl (C=O) groups excluding carboxylic acids is 1. The Morgan fingerprint density at radius 2 is 1.76 bits per heavy atom. The van der Waals surface area contributed by atoms with Gasteiger partial charge in [0.2, 0.25) is 0 Å². The van der Waals surface area contributed by atoms with E-state index in [1.54, 1.807) is 0 Å². The van der Waals surface area contributed by atoms with E-state index in [9.17, 15) is 13.6 Å². The van der Waals surface area contributed by atoms with Crippen molar-refractivity contribution in [3.63, 3.8) is 0 Å². The molecule has 1 atom stereocenters. The molecule has 0 fully saturated rings. The van der Waals surface area contributed by atoms with Crippen LogP contribution in [0.25, 0.3) is 0 Å². The summed E-state index contributed by atoms with van der Waals surface area (Å²) in [7, 11) is 0. The van der Waals surface area contributed by atoms with Crippen molar-refractivity contribution < 1.29 is 13.6 Å². The maximum Gasteiger partial charge on any atom is 0.257 e. The van der Waals surface area contributed by atoms with E-state index in [0.29, 0.717) is 0 Å². The van der Waals surface area contributed by atoms with Gasteiger partial charge in [-0.25, -0.2) is 8.78 Å². The van der Waals surface area contributed by atoms with Crippen LogP contribution in [0, 0.1) is 11.6 Å². The van der Waals surface area contributed by atoms with Crippen LogP contribution in [-0.4, -0.2) is 5.91 Å². The maximum absolute atomic E-state index is 13.7. The molecule has 2 aromatic carbocycles. The fourth-order valence-electron chi connectivity index (χ4n) is 2.85. The second-order valence-corrected chi connectivity index (χ2v) is 5.21. The quantitative estimate of drug-likeness (QED) is 0.895. The predicted molar refractivity (Wildman–Crippen MR) is 75.9 cm³/mol. The number of nitrogens with one attached hydrogen (secondary N) is 1. The molecule has 1 aliphatic rings. The summed E-state index contributed by atoms with van der Waals surface area (Å²) in [6.45, 7) is 0. The van der Waals surface area contributed by atoms with Crippen molar-refractivity contribution in [1.29, 1.82) is 0 Å². The highest BCUT2D eigenvalue weighted by Crippen LogP contribution is 2.29. The van der Waals surface area contributed by atoms with Gasteiger partial charge in [0, 0.05) is 0 Å². The topological polar surface area (TPSA) is 29.1 Å². The average Bonchev–Trinajstić information content (AvgIpc) is 2.47. The van der Waals surface area contributed by atoms with Crippen molar-refractivity contribution in [3.8, 4) is 0 Å². The third-order valence-electron chi connectivity index (χ3n) is 3.86. The van der Waals surface area contributed by atoms with E-state index in [0.717, 1.165) is 37.0 Å². The third-order valence-corrected chi connectivity index (χ3v) is 3.86. The van der Waals surface area contributed by atoms with Crippen LogP contribution in [0.5, 0.6) is 0 Å². The van der Waals surface area contributed by atoms with Crippen molar-refractivity contribution >= 4 is 5.91 Å². The van der Waals surface area contributed by atoms with Crippen molar-refractivity contribution in [2.75, 3.05) is 0 Å². The lowest BCUT2D eigenvalue weighted by Crippen LogP contribution is -2.32. The molecule has 1 amide bonds. The molecule has 0 saturated carbocycles. The Balaban J connectivity index is 1.86. The number of benzene rings is 2. The maximum atomic E-state index is 13.7. The normalized spacial score (nSPS) is 17.1. The minimum absolute atomic E-state index is 0.193. The number of fused-ring (bicyclic) bond motifs is 1. The number of hydrogen-bond acceptors (Lipinski definition) is 1. The van der Waals surface area contributed by atoms with Gasteiger partial charge in [0.1, 0.15) is 17.2 Å². The first kappa shape index (κ1) is 13.7. The molecule has 108 valence electrons. The first-order valence-corrected chi connectivity index (χ1v) is 6.99. The molecular formula is C17H15F2NO. The molecule has 21 heavy (non-hydrogen) atoms.